The fourth-order valence-electron chi connectivity index (χ4n) is 2.02. The Kier molecular flexibility index (Phi) is 5.47. The number of nitrogens with one attached hydrogen (secondary N) is 1. The van der Waals surface area contributed by atoms with Crippen molar-refractivity contribution in [3.63, 3.8) is 0 Å². The van der Waals surface area contributed by atoms with Gasteiger partial charge in [-0.25, -0.2) is 17.9 Å². The third-order valence-corrected chi connectivity index (χ3v) is 4.54. The summed E-state index contributed by atoms with van der Waals surface area (Å²) in [6.07, 6.45) is 0.409. The molecule has 8 nitrogen and oxygen atoms in total. The van der Waals surface area contributed by atoms with Crippen LogP contribution in [0.3, 0.4) is 0 Å². The quantitative estimate of drug-likeness (QED) is 0.737. The number of rotatable bonds is 8. The SMILES string of the molecule is COc1ccc(CCNS(=O)(=O)c2ccc(C(=O)O)o2)cc1OC. The van der Waals surface area contributed by atoms with Gasteiger partial charge in [0.15, 0.2) is 11.5 Å². The van der Waals surface area contributed by atoms with Crippen molar-refractivity contribution < 1.29 is 32.2 Å². The van der Waals surface area contributed by atoms with Crippen LogP contribution in [-0.2, 0) is 16.4 Å². The van der Waals surface area contributed by atoms with Gasteiger partial charge in [0.1, 0.15) is 0 Å². The zero-order valence-electron chi connectivity index (χ0n) is 13.1. The highest BCUT2D eigenvalue weighted by Crippen LogP contribution is 2.27. The van der Waals surface area contributed by atoms with E-state index in [-0.39, 0.29) is 6.54 Å². The fraction of sp³-hybridized carbons (Fsp3) is 0.267. The van der Waals surface area contributed by atoms with E-state index in [0.717, 1.165) is 17.7 Å². The van der Waals surface area contributed by atoms with Crippen LogP contribution in [0, 0.1) is 0 Å². The number of benzene rings is 1. The first-order chi connectivity index (χ1) is 11.4. The predicted molar refractivity (Wildman–Crippen MR) is 84.1 cm³/mol. The lowest BCUT2D eigenvalue weighted by atomic mass is 10.1. The molecular formula is C15H17NO7S. The van der Waals surface area contributed by atoms with Gasteiger partial charge in [0, 0.05) is 6.54 Å². The van der Waals surface area contributed by atoms with Gasteiger partial charge in [0.2, 0.25) is 10.9 Å². The number of methoxy groups -OCH3 is 2. The molecule has 130 valence electrons. The van der Waals surface area contributed by atoms with Crippen molar-refractivity contribution >= 4 is 16.0 Å². The minimum Gasteiger partial charge on any atom is -0.493 e. The summed E-state index contributed by atoms with van der Waals surface area (Å²) >= 11 is 0. The Hall–Kier alpha value is -2.52. The number of hydrogen-bond acceptors (Lipinski definition) is 6. The highest BCUT2D eigenvalue weighted by molar-refractivity contribution is 7.89. The molecule has 0 bridgehead atoms. The number of carbonyl (C=O) groups is 1. The smallest absolute Gasteiger partial charge is 0.371 e. The van der Waals surface area contributed by atoms with Gasteiger partial charge in [-0.15, -0.1) is 0 Å². The molecule has 0 saturated heterocycles. The molecule has 9 heteroatoms. The molecule has 0 radical (unpaired) electrons. The molecule has 2 rings (SSSR count). The number of aromatic carboxylic acids is 1. The Labute approximate surface area is 139 Å². The van der Waals surface area contributed by atoms with Gasteiger partial charge < -0.3 is 19.0 Å². The van der Waals surface area contributed by atoms with Crippen LogP contribution in [0.15, 0.2) is 39.8 Å². The van der Waals surface area contributed by atoms with Crippen LogP contribution in [0.2, 0.25) is 0 Å². The molecule has 1 heterocycles. The lowest BCUT2D eigenvalue weighted by Gasteiger charge is -2.10. The summed E-state index contributed by atoms with van der Waals surface area (Å²) in [6, 6.07) is 7.47. The Bertz CT molecular complexity index is 826. The molecule has 1 aromatic carbocycles. The van der Waals surface area contributed by atoms with Crippen LogP contribution >= 0.6 is 0 Å². The molecular weight excluding hydrogens is 338 g/mol. The first kappa shape index (κ1) is 17.8. The third-order valence-electron chi connectivity index (χ3n) is 3.21. The molecule has 0 aliphatic heterocycles. The molecule has 0 amide bonds. The number of sulfonamides is 1. The molecule has 2 N–H and O–H groups in total. The first-order valence-electron chi connectivity index (χ1n) is 6.91. The molecule has 0 aliphatic carbocycles. The summed E-state index contributed by atoms with van der Waals surface area (Å²) in [5.74, 6) is -0.634. The maximum Gasteiger partial charge on any atom is 0.371 e. The largest absolute Gasteiger partial charge is 0.493 e. The Morgan fingerprint density at radius 1 is 1.17 bits per heavy atom. The zero-order valence-corrected chi connectivity index (χ0v) is 13.9. The van der Waals surface area contributed by atoms with Crippen LogP contribution in [0.1, 0.15) is 16.1 Å². The van der Waals surface area contributed by atoms with E-state index in [1.165, 1.54) is 14.2 Å². The van der Waals surface area contributed by atoms with Gasteiger partial charge >= 0.3 is 5.97 Å². The van der Waals surface area contributed by atoms with E-state index in [1.54, 1.807) is 18.2 Å². The van der Waals surface area contributed by atoms with E-state index >= 15 is 0 Å². The normalized spacial score (nSPS) is 11.2. The van der Waals surface area contributed by atoms with Crippen molar-refractivity contribution in [2.75, 3.05) is 20.8 Å². The second-order valence-electron chi connectivity index (χ2n) is 4.76. The lowest BCUT2D eigenvalue weighted by Crippen LogP contribution is -2.25. The van der Waals surface area contributed by atoms with E-state index in [1.807, 2.05) is 0 Å². The Morgan fingerprint density at radius 2 is 1.88 bits per heavy atom. The number of furan rings is 1. The van der Waals surface area contributed by atoms with Gasteiger partial charge in [-0.05, 0) is 36.2 Å². The minimum absolute atomic E-state index is 0.112. The summed E-state index contributed by atoms with van der Waals surface area (Å²) in [7, 11) is -0.864. The van der Waals surface area contributed by atoms with E-state index in [2.05, 4.69) is 4.72 Å². The number of carboxylic acids is 1. The van der Waals surface area contributed by atoms with Gasteiger partial charge in [0.05, 0.1) is 14.2 Å². The van der Waals surface area contributed by atoms with E-state index < -0.39 is 26.8 Å². The minimum atomic E-state index is -3.91. The Morgan fingerprint density at radius 3 is 2.46 bits per heavy atom. The Balaban J connectivity index is 2.01. The second-order valence-corrected chi connectivity index (χ2v) is 6.46. The topological polar surface area (TPSA) is 115 Å². The molecule has 0 fully saturated rings. The predicted octanol–water partition coefficient (Wildman–Crippen LogP) is 1.52. The van der Waals surface area contributed by atoms with Crippen molar-refractivity contribution in [3.05, 3.63) is 41.7 Å². The molecule has 0 atom stereocenters. The maximum atomic E-state index is 12.0. The monoisotopic (exact) mass is 355 g/mol. The first-order valence-corrected chi connectivity index (χ1v) is 8.39. The summed E-state index contributed by atoms with van der Waals surface area (Å²) < 4.78 is 41.5. The summed E-state index contributed by atoms with van der Waals surface area (Å²) in [5, 5.41) is 8.31. The molecule has 0 aliphatic rings. The number of carboxylic acid groups (broad SMARTS) is 1. The molecule has 0 saturated carbocycles. The zero-order chi connectivity index (χ0) is 17.7. The van der Waals surface area contributed by atoms with Crippen LogP contribution in [-0.4, -0.2) is 40.3 Å². The van der Waals surface area contributed by atoms with Crippen LogP contribution in [0.4, 0.5) is 0 Å². The van der Waals surface area contributed by atoms with Gasteiger partial charge in [-0.1, -0.05) is 6.07 Å². The maximum absolute atomic E-state index is 12.0. The van der Waals surface area contributed by atoms with E-state index in [9.17, 15) is 13.2 Å². The van der Waals surface area contributed by atoms with E-state index in [0.29, 0.717) is 17.9 Å². The number of ether oxygens (including phenoxy) is 2. The van der Waals surface area contributed by atoms with Crippen LogP contribution in [0.25, 0.3) is 0 Å². The van der Waals surface area contributed by atoms with Crippen molar-refractivity contribution in [1.29, 1.82) is 0 Å². The van der Waals surface area contributed by atoms with Crippen LogP contribution in [0.5, 0.6) is 11.5 Å². The van der Waals surface area contributed by atoms with Crippen molar-refractivity contribution in [1.82, 2.24) is 4.72 Å². The lowest BCUT2D eigenvalue weighted by molar-refractivity contribution is 0.0656. The van der Waals surface area contributed by atoms with Gasteiger partial charge in [-0.3, -0.25) is 0 Å². The van der Waals surface area contributed by atoms with Crippen molar-refractivity contribution in [3.8, 4) is 11.5 Å². The highest BCUT2D eigenvalue weighted by Gasteiger charge is 2.20. The third kappa shape index (κ3) is 4.06. The van der Waals surface area contributed by atoms with Crippen molar-refractivity contribution in [2.45, 2.75) is 11.5 Å². The molecule has 24 heavy (non-hydrogen) atoms. The number of hydrogen-bond donors (Lipinski definition) is 2. The summed E-state index contributed by atoms with van der Waals surface area (Å²) in [4.78, 5) is 10.7. The summed E-state index contributed by atoms with van der Waals surface area (Å²) in [5.41, 5.74) is 0.848. The van der Waals surface area contributed by atoms with E-state index in [4.69, 9.17) is 19.0 Å². The molecule has 0 unspecified atom stereocenters. The van der Waals surface area contributed by atoms with Gasteiger partial charge in [0.25, 0.3) is 10.0 Å². The van der Waals surface area contributed by atoms with Gasteiger partial charge in [-0.2, -0.15) is 0 Å². The molecule has 1 aromatic heterocycles. The second kappa shape index (κ2) is 7.37. The fourth-order valence-corrected chi connectivity index (χ4v) is 2.98. The van der Waals surface area contributed by atoms with Crippen molar-refractivity contribution in [2.24, 2.45) is 0 Å². The standard InChI is InChI=1S/C15H17NO7S/c1-21-11-4-3-10(9-13(11)22-2)7-8-16-24(19,20)14-6-5-12(23-14)15(17)18/h3-6,9,16H,7-8H2,1-2H3,(H,17,18). The summed E-state index contributed by atoms with van der Waals surface area (Å²) in [6.45, 7) is 0.112. The van der Waals surface area contributed by atoms with Crippen LogP contribution < -0.4 is 14.2 Å². The average molecular weight is 355 g/mol. The average Bonchev–Trinajstić information content (AvgIpc) is 3.05. The molecule has 2 aromatic rings. The highest BCUT2D eigenvalue weighted by atomic mass is 32.2. The molecule has 0 spiro atoms.